The second-order valence-electron chi connectivity index (χ2n) is 8.85. The highest BCUT2D eigenvalue weighted by Gasteiger charge is 2.51. The van der Waals surface area contributed by atoms with Gasteiger partial charge in [-0.3, -0.25) is 10.1 Å². The first-order chi connectivity index (χ1) is 17.3. The minimum absolute atomic E-state index is 0.0730. The van der Waals surface area contributed by atoms with Gasteiger partial charge in [-0.15, -0.1) is 0 Å². The summed E-state index contributed by atoms with van der Waals surface area (Å²) >= 11 is 9.57. The van der Waals surface area contributed by atoms with Crippen LogP contribution in [0.25, 0.3) is 0 Å². The second-order valence-corrected chi connectivity index (χ2v) is 10.1. The van der Waals surface area contributed by atoms with E-state index in [4.69, 9.17) is 35.3 Å². The van der Waals surface area contributed by atoms with Crippen molar-refractivity contribution in [3.05, 3.63) is 27.2 Å². The number of benzene rings is 1. The molecule has 0 aliphatic carbocycles. The van der Waals surface area contributed by atoms with Crippen LogP contribution in [0.2, 0.25) is 5.02 Å². The molecule has 1 aromatic rings. The van der Waals surface area contributed by atoms with Gasteiger partial charge in [-0.1, -0.05) is 11.6 Å². The Bertz CT molecular complexity index is 944. The number of methoxy groups -OCH3 is 1. The molecule has 1 N–H and O–H groups in total. The normalized spacial score (nSPS) is 11.5. The Balaban J connectivity index is 3.29. The number of Topliss-reactive ketones (excluding diaryl/α,β-unsaturated/α-hetero) is 1. The molecule has 0 aliphatic heterocycles. The summed E-state index contributed by atoms with van der Waals surface area (Å²) in [5.74, 6) is -2.29. The summed E-state index contributed by atoms with van der Waals surface area (Å²) in [6, 6.07) is 2.99. The summed E-state index contributed by atoms with van der Waals surface area (Å²) in [4.78, 5) is 51.9. The zero-order valence-electron chi connectivity index (χ0n) is 22.0. The fourth-order valence-corrected chi connectivity index (χ4v) is 4.03. The van der Waals surface area contributed by atoms with Crippen LogP contribution in [-0.4, -0.2) is 68.5 Å². The molecule has 0 bridgehead atoms. The third-order valence-corrected chi connectivity index (χ3v) is 5.71. The molecule has 0 unspecified atom stereocenters. The highest BCUT2D eigenvalue weighted by Crippen LogP contribution is 2.33. The topological polar surface area (TPSA) is 126 Å². The molecule has 0 heterocycles. The maximum atomic E-state index is 13.2. The number of ether oxygens (including phenoxy) is 5. The Morgan fingerprint density at radius 3 is 2.11 bits per heavy atom. The van der Waals surface area contributed by atoms with Crippen LogP contribution in [-0.2, 0) is 28.5 Å². The van der Waals surface area contributed by atoms with E-state index in [-0.39, 0.29) is 25.2 Å². The Morgan fingerprint density at radius 1 is 1.00 bits per heavy atom. The first-order valence-electron chi connectivity index (χ1n) is 11.8. The first-order valence-corrected chi connectivity index (χ1v) is 13.0. The van der Waals surface area contributed by atoms with Gasteiger partial charge in [-0.25, -0.2) is 14.4 Å². The van der Waals surface area contributed by atoms with Crippen molar-refractivity contribution in [2.24, 2.45) is 0 Å². The van der Waals surface area contributed by atoms with Gasteiger partial charge in [-0.05, 0) is 69.1 Å². The summed E-state index contributed by atoms with van der Waals surface area (Å²) in [6.45, 7) is 8.63. The average Bonchev–Trinajstić information content (AvgIpc) is 2.79. The van der Waals surface area contributed by atoms with Crippen molar-refractivity contribution in [1.29, 1.82) is 0 Å². The molecule has 12 heteroatoms. The molecule has 1 aromatic carbocycles. The Morgan fingerprint density at radius 2 is 1.59 bits per heavy atom. The highest BCUT2D eigenvalue weighted by atomic mass is 79.9. The number of carbonyl (C=O) groups is 4. The average molecular weight is 609 g/mol. The summed E-state index contributed by atoms with van der Waals surface area (Å²) in [7, 11) is 1.58. The lowest BCUT2D eigenvalue weighted by Gasteiger charge is -2.31. The molecule has 208 valence electrons. The van der Waals surface area contributed by atoms with Crippen molar-refractivity contribution in [3.63, 3.8) is 0 Å². The fourth-order valence-electron chi connectivity index (χ4n) is 3.11. The van der Waals surface area contributed by atoms with E-state index in [1.54, 1.807) is 41.7 Å². The van der Waals surface area contributed by atoms with E-state index in [1.807, 2.05) is 0 Å². The molecule has 0 saturated carbocycles. The zero-order chi connectivity index (χ0) is 28.2. The predicted octanol–water partition coefficient (Wildman–Crippen LogP) is 4.87. The van der Waals surface area contributed by atoms with Crippen LogP contribution in [0.15, 0.2) is 16.6 Å². The summed E-state index contributed by atoms with van der Waals surface area (Å²) in [5.41, 5.74) is -3.00. The Labute approximate surface area is 230 Å². The molecular weight excluding hydrogens is 574 g/mol. The predicted molar refractivity (Wildman–Crippen MR) is 140 cm³/mol. The SMILES string of the molecule is CCOC(=O)C(CCC(=O)c1cc(OCCCOC)c(Cl)cc1Br)(NC(=O)OC(C)(C)C)C(=O)OCC. The molecule has 0 atom stereocenters. The minimum Gasteiger partial charge on any atom is -0.492 e. The third kappa shape index (κ3) is 10.1. The number of amides is 1. The smallest absolute Gasteiger partial charge is 0.409 e. The van der Waals surface area contributed by atoms with Crippen molar-refractivity contribution in [1.82, 2.24) is 5.32 Å². The Kier molecular flexibility index (Phi) is 13.4. The van der Waals surface area contributed by atoms with Crippen LogP contribution < -0.4 is 10.1 Å². The summed E-state index contributed by atoms with van der Waals surface area (Å²) < 4.78 is 26.5. The van der Waals surface area contributed by atoms with Crippen LogP contribution in [0.4, 0.5) is 4.79 Å². The van der Waals surface area contributed by atoms with E-state index in [0.717, 1.165) is 0 Å². The number of rotatable bonds is 14. The van der Waals surface area contributed by atoms with Crippen molar-refractivity contribution in [2.45, 2.75) is 65.0 Å². The van der Waals surface area contributed by atoms with Gasteiger partial charge >= 0.3 is 18.0 Å². The van der Waals surface area contributed by atoms with Gasteiger partial charge in [0, 0.05) is 36.6 Å². The third-order valence-electron chi connectivity index (χ3n) is 4.76. The molecule has 0 aromatic heterocycles. The molecule has 0 aliphatic rings. The van der Waals surface area contributed by atoms with Gasteiger partial charge in [0.2, 0.25) is 5.54 Å². The van der Waals surface area contributed by atoms with Gasteiger partial charge in [0.15, 0.2) is 5.78 Å². The van der Waals surface area contributed by atoms with Crippen molar-refractivity contribution in [3.8, 4) is 5.75 Å². The van der Waals surface area contributed by atoms with E-state index in [9.17, 15) is 19.2 Å². The minimum atomic E-state index is -2.30. The molecular formula is C25H35BrClNO9. The van der Waals surface area contributed by atoms with Gasteiger partial charge in [0.25, 0.3) is 0 Å². The summed E-state index contributed by atoms with van der Waals surface area (Å²) in [6.07, 6.45) is -1.21. The zero-order valence-corrected chi connectivity index (χ0v) is 24.4. The molecule has 0 radical (unpaired) electrons. The standard InChI is InChI=1S/C25H35BrClNO9/c1-7-34-21(30)25(22(31)35-8-2,28-23(32)37-24(3,4)5)11-10-19(29)16-14-20(18(27)15-17(16)26)36-13-9-12-33-6/h14-15H,7-13H2,1-6H3,(H,28,32). The largest absolute Gasteiger partial charge is 0.492 e. The number of esters is 2. The second kappa shape index (κ2) is 15.1. The summed E-state index contributed by atoms with van der Waals surface area (Å²) in [5, 5.41) is 2.60. The van der Waals surface area contributed by atoms with E-state index in [1.165, 1.54) is 12.1 Å². The first kappa shape index (κ1) is 32.7. The Hall–Kier alpha value is -2.37. The van der Waals surface area contributed by atoms with Crippen LogP contribution in [0.3, 0.4) is 0 Å². The van der Waals surface area contributed by atoms with E-state index < -0.39 is 41.4 Å². The maximum Gasteiger partial charge on any atom is 0.409 e. The lowest BCUT2D eigenvalue weighted by molar-refractivity contribution is -0.166. The van der Waals surface area contributed by atoms with Crippen molar-refractivity contribution in [2.75, 3.05) is 33.5 Å². The van der Waals surface area contributed by atoms with E-state index >= 15 is 0 Å². The highest BCUT2D eigenvalue weighted by molar-refractivity contribution is 9.10. The number of hydrogen-bond donors (Lipinski definition) is 1. The van der Waals surface area contributed by atoms with Gasteiger partial charge in [0.1, 0.15) is 11.4 Å². The van der Waals surface area contributed by atoms with Crippen LogP contribution in [0.5, 0.6) is 5.75 Å². The van der Waals surface area contributed by atoms with Crippen LogP contribution in [0, 0.1) is 0 Å². The number of halogens is 2. The number of alkyl carbamates (subject to hydrolysis) is 1. The maximum absolute atomic E-state index is 13.2. The van der Waals surface area contributed by atoms with Gasteiger partial charge in [-0.2, -0.15) is 0 Å². The number of hydrogen-bond acceptors (Lipinski definition) is 9. The van der Waals surface area contributed by atoms with Crippen molar-refractivity contribution >= 4 is 51.3 Å². The van der Waals surface area contributed by atoms with Gasteiger partial charge in [0.05, 0.1) is 24.8 Å². The number of carbonyl (C=O) groups excluding carboxylic acids is 4. The van der Waals surface area contributed by atoms with Gasteiger partial charge < -0.3 is 23.7 Å². The molecule has 0 spiro atoms. The quantitative estimate of drug-likeness (QED) is 0.103. The van der Waals surface area contributed by atoms with E-state index in [2.05, 4.69) is 21.2 Å². The number of nitrogens with one attached hydrogen (secondary N) is 1. The molecule has 1 rings (SSSR count). The molecule has 1 amide bonds. The fraction of sp³-hybridized carbons (Fsp3) is 0.600. The van der Waals surface area contributed by atoms with Crippen molar-refractivity contribution < 1.29 is 42.9 Å². The van der Waals surface area contributed by atoms with E-state index in [0.29, 0.717) is 34.9 Å². The molecule has 0 fully saturated rings. The monoisotopic (exact) mass is 607 g/mol. The molecule has 37 heavy (non-hydrogen) atoms. The lowest BCUT2D eigenvalue weighted by atomic mass is 9.90. The van der Waals surface area contributed by atoms with Crippen LogP contribution >= 0.6 is 27.5 Å². The molecule has 10 nitrogen and oxygen atoms in total. The lowest BCUT2D eigenvalue weighted by Crippen LogP contribution is -2.62. The molecule has 0 saturated heterocycles. The van der Waals surface area contributed by atoms with Crippen LogP contribution in [0.1, 0.15) is 64.2 Å². The number of ketones is 1.